The van der Waals surface area contributed by atoms with Crippen molar-refractivity contribution in [1.82, 2.24) is 0 Å². The van der Waals surface area contributed by atoms with Gasteiger partial charge in [0.1, 0.15) is 0 Å². The van der Waals surface area contributed by atoms with Crippen LogP contribution in [0.3, 0.4) is 0 Å². The summed E-state index contributed by atoms with van der Waals surface area (Å²) in [4.78, 5) is 42.3. The van der Waals surface area contributed by atoms with Crippen molar-refractivity contribution in [3.8, 4) is 0 Å². The molecule has 0 aromatic rings. The van der Waals surface area contributed by atoms with Gasteiger partial charge in [-0.15, -0.1) is 0 Å². The zero-order valence-corrected chi connectivity index (χ0v) is 42.7. The molecule has 0 unspecified atom stereocenters. The molecule has 6 nitrogen and oxygen atoms in total. The highest BCUT2D eigenvalue weighted by Gasteiger charge is 2.54. The number of carbonyl (C=O) groups is 3. The lowest BCUT2D eigenvalue weighted by Crippen LogP contribution is -2.52. The molecule has 0 spiro atoms. The molecule has 0 amide bonds. The molecule has 0 aliphatic carbocycles. The predicted molar refractivity (Wildman–Crippen MR) is 270 cm³/mol. The first-order valence-electron chi connectivity index (χ1n) is 28.4. The van der Waals surface area contributed by atoms with Gasteiger partial charge in [-0.3, -0.25) is 14.4 Å². The van der Waals surface area contributed by atoms with Gasteiger partial charge in [0.05, 0.1) is 6.42 Å². The Balaban J connectivity index is 4.95. The first-order valence-corrected chi connectivity index (χ1v) is 28.4. The molecule has 0 saturated carbocycles. The van der Waals surface area contributed by atoms with Gasteiger partial charge in [-0.1, -0.05) is 290 Å². The number of rotatable bonds is 53. The minimum atomic E-state index is -3.28. The van der Waals surface area contributed by atoms with Crippen LogP contribution in [0.25, 0.3) is 0 Å². The highest BCUT2D eigenvalue weighted by molar-refractivity contribution is 6.24. The van der Waals surface area contributed by atoms with Crippen molar-refractivity contribution in [3.63, 3.8) is 0 Å². The van der Waals surface area contributed by atoms with E-state index in [1.807, 2.05) is 0 Å². The zero-order chi connectivity index (χ0) is 46.4. The summed E-state index contributed by atoms with van der Waals surface area (Å²) >= 11 is 0. The molecule has 0 atom stereocenters. The number of hydrogen-bond acceptors (Lipinski definition) is 6. The summed E-state index contributed by atoms with van der Waals surface area (Å²) in [6.07, 6.45) is 53.2. The average Bonchev–Trinajstić information content (AvgIpc) is 3.26. The van der Waals surface area contributed by atoms with Crippen LogP contribution >= 0.6 is 0 Å². The maximum Gasteiger partial charge on any atom is 0.277 e. The van der Waals surface area contributed by atoms with Gasteiger partial charge in [0.2, 0.25) is 0 Å². The molecule has 374 valence electrons. The Morgan fingerprint density at radius 2 is 0.397 bits per heavy atom. The Labute approximate surface area is 392 Å². The summed E-state index contributed by atoms with van der Waals surface area (Å²) < 4.78 is 0. The number of aliphatic hydroxyl groups is 3. The Kier molecular flexibility index (Phi) is 45.2. The minimum Gasteiger partial charge on any atom is -0.344 e. The Morgan fingerprint density at radius 1 is 0.254 bits per heavy atom. The molecule has 63 heavy (non-hydrogen) atoms. The van der Waals surface area contributed by atoms with E-state index in [0.717, 1.165) is 57.8 Å². The molecular weight excluding hydrogens is 781 g/mol. The molecule has 0 aliphatic heterocycles. The van der Waals surface area contributed by atoms with Crippen molar-refractivity contribution in [3.05, 3.63) is 0 Å². The number of carbonyl (C=O) groups excluding carboxylic acids is 3. The van der Waals surface area contributed by atoms with Crippen molar-refractivity contribution in [1.29, 1.82) is 0 Å². The van der Waals surface area contributed by atoms with Gasteiger partial charge in [-0.05, 0) is 19.3 Å². The topological polar surface area (TPSA) is 112 Å². The van der Waals surface area contributed by atoms with Crippen molar-refractivity contribution in [2.75, 3.05) is 0 Å². The zero-order valence-electron chi connectivity index (χ0n) is 42.7. The van der Waals surface area contributed by atoms with Crippen molar-refractivity contribution < 1.29 is 29.7 Å². The SMILES string of the molecule is CCCCCCCCCCCCCCCCCC(=O)C(CC(O)(O)O)(C(=O)CCCCCCCCCCCCCCCCC)C(=O)CCCCCCCCCCCCCCCCC. The van der Waals surface area contributed by atoms with E-state index in [1.165, 1.54) is 212 Å². The van der Waals surface area contributed by atoms with E-state index in [4.69, 9.17) is 0 Å². The number of Topliss-reactive ketones (excluding diaryl/α,β-unsaturated/α-hetero) is 3. The van der Waals surface area contributed by atoms with Gasteiger partial charge < -0.3 is 15.3 Å². The van der Waals surface area contributed by atoms with Crippen molar-refractivity contribution >= 4 is 17.3 Å². The first-order chi connectivity index (χ1) is 30.7. The second-order valence-electron chi connectivity index (χ2n) is 20.2. The predicted octanol–water partition coefficient (Wildman–Crippen LogP) is 17.5. The molecule has 0 saturated heterocycles. The first kappa shape index (κ1) is 61.9. The summed E-state index contributed by atoms with van der Waals surface area (Å²) in [5.41, 5.74) is -2.19. The van der Waals surface area contributed by atoms with Gasteiger partial charge in [0, 0.05) is 19.3 Å². The minimum absolute atomic E-state index is 0.0452. The fourth-order valence-corrected chi connectivity index (χ4v) is 9.73. The molecule has 0 heterocycles. The normalized spacial score (nSPS) is 12.1. The molecule has 0 rings (SSSR count). The fourth-order valence-electron chi connectivity index (χ4n) is 9.73. The van der Waals surface area contributed by atoms with Crippen molar-refractivity contribution in [2.24, 2.45) is 5.41 Å². The van der Waals surface area contributed by atoms with E-state index in [1.54, 1.807) is 0 Å². The monoisotopic (exact) mass is 891 g/mol. The third-order valence-electron chi connectivity index (χ3n) is 14.0. The van der Waals surface area contributed by atoms with Crippen LogP contribution in [0.5, 0.6) is 0 Å². The van der Waals surface area contributed by atoms with E-state index >= 15 is 0 Å². The summed E-state index contributed by atoms with van der Waals surface area (Å²) in [5, 5.41) is 30.8. The maximum atomic E-state index is 14.1. The van der Waals surface area contributed by atoms with Gasteiger partial charge >= 0.3 is 0 Å². The molecule has 0 aromatic carbocycles. The summed E-state index contributed by atoms with van der Waals surface area (Å²) in [5.74, 6) is -4.87. The third kappa shape index (κ3) is 38.7. The van der Waals surface area contributed by atoms with Crippen LogP contribution in [-0.4, -0.2) is 38.6 Å². The lowest BCUT2D eigenvalue weighted by atomic mass is 9.68. The largest absolute Gasteiger partial charge is 0.344 e. The highest BCUT2D eigenvalue weighted by atomic mass is 16.7. The van der Waals surface area contributed by atoms with E-state index in [2.05, 4.69) is 20.8 Å². The molecular formula is C57H110O6. The van der Waals surface area contributed by atoms with Crippen molar-refractivity contribution in [2.45, 2.75) is 341 Å². The van der Waals surface area contributed by atoms with Gasteiger partial charge in [-0.2, -0.15) is 0 Å². The third-order valence-corrected chi connectivity index (χ3v) is 14.0. The molecule has 0 bridgehead atoms. The molecule has 0 fully saturated rings. The standard InChI is InChI=1S/C57H110O6/c1-4-7-10-13-16-19-22-25-28-31-34-37-40-43-46-49-53(58)56(52-57(61,62)63,54(59)50-47-44-41-38-35-32-29-26-23-20-17-14-11-8-5-2)55(60)51-48-45-42-39-36-33-30-27-24-21-18-15-12-9-6-3/h61-63H,4-52H2,1-3H3. The Morgan fingerprint density at radius 3 is 0.540 bits per heavy atom. The van der Waals surface area contributed by atoms with Crippen LogP contribution in [0, 0.1) is 5.41 Å². The van der Waals surface area contributed by atoms with Crippen LogP contribution in [0.15, 0.2) is 0 Å². The van der Waals surface area contributed by atoms with Gasteiger partial charge in [0.25, 0.3) is 5.97 Å². The Bertz CT molecular complexity index is 889. The quantitative estimate of drug-likeness (QED) is 0.0319. The molecule has 0 aliphatic rings. The number of unbranched alkanes of at least 4 members (excludes halogenated alkanes) is 42. The van der Waals surface area contributed by atoms with Gasteiger partial charge in [-0.25, -0.2) is 0 Å². The lowest BCUT2D eigenvalue weighted by Gasteiger charge is -2.33. The van der Waals surface area contributed by atoms with Crippen LogP contribution in [0.2, 0.25) is 0 Å². The van der Waals surface area contributed by atoms with E-state index in [9.17, 15) is 29.7 Å². The van der Waals surface area contributed by atoms with Gasteiger partial charge in [0.15, 0.2) is 22.8 Å². The number of ketones is 3. The molecule has 3 N–H and O–H groups in total. The summed E-state index contributed by atoms with van der Waals surface area (Å²) in [7, 11) is 0. The molecule has 0 aromatic heterocycles. The van der Waals surface area contributed by atoms with Crippen LogP contribution in [0.1, 0.15) is 335 Å². The lowest BCUT2D eigenvalue weighted by molar-refractivity contribution is -0.321. The van der Waals surface area contributed by atoms with Crippen LogP contribution < -0.4 is 0 Å². The van der Waals surface area contributed by atoms with E-state index in [-0.39, 0.29) is 19.3 Å². The van der Waals surface area contributed by atoms with E-state index in [0.29, 0.717) is 19.3 Å². The smallest absolute Gasteiger partial charge is 0.277 e. The summed E-state index contributed by atoms with van der Waals surface area (Å²) in [6, 6.07) is 0. The fraction of sp³-hybridized carbons (Fsp3) is 0.947. The molecule has 0 radical (unpaired) electrons. The Hall–Kier alpha value is -1.11. The number of hydrogen-bond donors (Lipinski definition) is 3. The average molecular weight is 892 g/mol. The maximum absolute atomic E-state index is 14.1. The molecule has 6 heteroatoms. The van der Waals surface area contributed by atoms with E-state index < -0.39 is 35.2 Å². The van der Waals surface area contributed by atoms with Crippen LogP contribution in [0.4, 0.5) is 0 Å². The second-order valence-corrected chi connectivity index (χ2v) is 20.2. The summed E-state index contributed by atoms with van der Waals surface area (Å²) in [6.45, 7) is 6.79. The highest BCUT2D eigenvalue weighted by Crippen LogP contribution is 2.37. The second kappa shape index (κ2) is 46.0. The van der Waals surface area contributed by atoms with Crippen LogP contribution in [-0.2, 0) is 14.4 Å².